The molecule has 0 radical (unpaired) electrons. The SMILES string of the molecule is C=C(C)C(=O)OCCC(CCCO)c1ccc(O/C=C\Oc2ccc(CCCCC)cc2)cc1. The van der Waals surface area contributed by atoms with Gasteiger partial charge in [-0.05, 0) is 80.3 Å². The van der Waals surface area contributed by atoms with Crippen LogP contribution >= 0.6 is 0 Å². The third kappa shape index (κ3) is 10.3. The zero-order chi connectivity index (χ0) is 24.6. The zero-order valence-corrected chi connectivity index (χ0v) is 20.5. The van der Waals surface area contributed by atoms with E-state index in [4.69, 9.17) is 14.2 Å². The summed E-state index contributed by atoms with van der Waals surface area (Å²) in [6.07, 6.45) is 10.0. The number of aliphatic hydroxyl groups excluding tert-OH is 1. The molecule has 0 bridgehead atoms. The molecule has 5 heteroatoms. The summed E-state index contributed by atoms with van der Waals surface area (Å²) in [5.74, 6) is 1.28. The third-order valence-corrected chi connectivity index (χ3v) is 5.57. The third-order valence-electron chi connectivity index (χ3n) is 5.57. The highest BCUT2D eigenvalue weighted by Crippen LogP contribution is 2.27. The quantitative estimate of drug-likeness (QED) is 0.129. The van der Waals surface area contributed by atoms with Crippen molar-refractivity contribution in [2.24, 2.45) is 0 Å². The molecule has 184 valence electrons. The van der Waals surface area contributed by atoms with Gasteiger partial charge in [-0.2, -0.15) is 0 Å². The smallest absolute Gasteiger partial charge is 0.333 e. The summed E-state index contributed by atoms with van der Waals surface area (Å²) in [7, 11) is 0. The van der Waals surface area contributed by atoms with Gasteiger partial charge in [0.05, 0.1) is 6.61 Å². The van der Waals surface area contributed by atoms with E-state index in [0.717, 1.165) is 24.2 Å². The van der Waals surface area contributed by atoms with Gasteiger partial charge in [0, 0.05) is 12.2 Å². The van der Waals surface area contributed by atoms with E-state index in [0.29, 0.717) is 30.8 Å². The van der Waals surface area contributed by atoms with Crippen LogP contribution in [-0.4, -0.2) is 24.3 Å². The van der Waals surface area contributed by atoms with Gasteiger partial charge in [-0.15, -0.1) is 0 Å². The second kappa shape index (κ2) is 15.7. The van der Waals surface area contributed by atoms with Gasteiger partial charge in [-0.1, -0.05) is 50.6 Å². The van der Waals surface area contributed by atoms with Crippen molar-refractivity contribution in [1.29, 1.82) is 0 Å². The number of unbranched alkanes of at least 4 members (excludes halogenated alkanes) is 2. The largest absolute Gasteiger partial charge is 0.462 e. The fraction of sp³-hybridized carbons (Fsp3) is 0.414. The first-order valence-corrected chi connectivity index (χ1v) is 12.1. The zero-order valence-electron chi connectivity index (χ0n) is 20.5. The van der Waals surface area contributed by atoms with Crippen molar-refractivity contribution < 1.29 is 24.1 Å². The van der Waals surface area contributed by atoms with Crippen LogP contribution in [0, 0.1) is 0 Å². The maximum absolute atomic E-state index is 11.6. The molecule has 34 heavy (non-hydrogen) atoms. The minimum atomic E-state index is -0.374. The van der Waals surface area contributed by atoms with Gasteiger partial charge in [-0.3, -0.25) is 0 Å². The van der Waals surface area contributed by atoms with Crippen molar-refractivity contribution in [2.75, 3.05) is 13.2 Å². The molecule has 0 aromatic heterocycles. The van der Waals surface area contributed by atoms with Gasteiger partial charge in [0.25, 0.3) is 0 Å². The van der Waals surface area contributed by atoms with Crippen LogP contribution in [0.5, 0.6) is 11.5 Å². The normalized spacial score (nSPS) is 11.9. The molecule has 5 nitrogen and oxygen atoms in total. The molecule has 0 saturated heterocycles. The van der Waals surface area contributed by atoms with E-state index in [1.54, 1.807) is 6.92 Å². The average molecular weight is 467 g/mol. The Hall–Kier alpha value is -3.05. The Morgan fingerprint density at radius 3 is 2.12 bits per heavy atom. The summed E-state index contributed by atoms with van der Waals surface area (Å²) in [5.41, 5.74) is 2.84. The number of aliphatic hydroxyl groups is 1. The number of ether oxygens (including phenoxy) is 3. The maximum atomic E-state index is 11.6. The number of carbonyl (C=O) groups is 1. The molecule has 0 heterocycles. The molecule has 0 fully saturated rings. The first kappa shape index (κ1) is 27.2. The lowest BCUT2D eigenvalue weighted by Crippen LogP contribution is -2.10. The number of hydrogen-bond donors (Lipinski definition) is 1. The van der Waals surface area contributed by atoms with Crippen molar-refractivity contribution in [3.05, 3.63) is 84.3 Å². The van der Waals surface area contributed by atoms with Crippen LogP contribution in [0.15, 0.2) is 73.2 Å². The van der Waals surface area contributed by atoms with Crippen LogP contribution in [0.3, 0.4) is 0 Å². The number of carbonyl (C=O) groups excluding carboxylic acids is 1. The van der Waals surface area contributed by atoms with Crippen LogP contribution in [0.4, 0.5) is 0 Å². The van der Waals surface area contributed by atoms with Gasteiger partial charge in [0.2, 0.25) is 0 Å². The lowest BCUT2D eigenvalue weighted by molar-refractivity contribution is -0.139. The standard InChI is InChI=1S/C29H38O5/c1-4-5-6-8-24-10-14-27(15-11-24)32-21-22-33-28-16-12-26(13-17-28)25(9-7-19-30)18-20-34-29(31)23(2)3/h10-17,21-22,25,30H,2,4-9,18-20H2,1,3H3/b22-21-. The highest BCUT2D eigenvalue weighted by Gasteiger charge is 2.13. The van der Waals surface area contributed by atoms with Gasteiger partial charge >= 0.3 is 5.97 Å². The Morgan fingerprint density at radius 2 is 1.56 bits per heavy atom. The molecule has 0 saturated carbocycles. The van der Waals surface area contributed by atoms with Gasteiger partial charge in [0.15, 0.2) is 0 Å². The summed E-state index contributed by atoms with van der Waals surface area (Å²) < 4.78 is 16.5. The molecule has 0 spiro atoms. The maximum Gasteiger partial charge on any atom is 0.333 e. The van der Waals surface area contributed by atoms with E-state index < -0.39 is 0 Å². The van der Waals surface area contributed by atoms with Gasteiger partial charge < -0.3 is 19.3 Å². The second-order valence-corrected chi connectivity index (χ2v) is 8.45. The van der Waals surface area contributed by atoms with E-state index in [-0.39, 0.29) is 18.5 Å². The van der Waals surface area contributed by atoms with E-state index in [1.807, 2.05) is 36.4 Å². The Kier molecular flexibility index (Phi) is 12.6. The Balaban J connectivity index is 1.82. The van der Waals surface area contributed by atoms with Crippen molar-refractivity contribution in [1.82, 2.24) is 0 Å². The van der Waals surface area contributed by atoms with Crippen molar-refractivity contribution >= 4 is 5.97 Å². The lowest BCUT2D eigenvalue weighted by atomic mass is 9.91. The highest BCUT2D eigenvalue weighted by molar-refractivity contribution is 5.86. The Bertz CT molecular complexity index is 884. The summed E-state index contributed by atoms with van der Waals surface area (Å²) in [6, 6.07) is 16.0. The van der Waals surface area contributed by atoms with Crippen LogP contribution in [0.25, 0.3) is 0 Å². The number of esters is 1. The average Bonchev–Trinajstić information content (AvgIpc) is 2.85. The molecule has 1 unspecified atom stereocenters. The molecule has 2 rings (SSSR count). The molecule has 0 amide bonds. The molecule has 1 N–H and O–H groups in total. The van der Waals surface area contributed by atoms with E-state index in [2.05, 4.69) is 25.6 Å². The number of aryl methyl sites for hydroxylation is 1. The lowest BCUT2D eigenvalue weighted by Gasteiger charge is -2.17. The van der Waals surface area contributed by atoms with Crippen molar-refractivity contribution in [3.63, 3.8) is 0 Å². The monoisotopic (exact) mass is 466 g/mol. The second-order valence-electron chi connectivity index (χ2n) is 8.45. The molecule has 2 aromatic carbocycles. The molecule has 0 aliphatic carbocycles. The Morgan fingerprint density at radius 1 is 0.941 bits per heavy atom. The fourth-order valence-corrected chi connectivity index (χ4v) is 3.58. The fourth-order valence-electron chi connectivity index (χ4n) is 3.58. The number of hydrogen-bond acceptors (Lipinski definition) is 5. The molecular weight excluding hydrogens is 428 g/mol. The van der Waals surface area contributed by atoms with Crippen molar-refractivity contribution in [2.45, 2.75) is 64.7 Å². The van der Waals surface area contributed by atoms with E-state index in [9.17, 15) is 9.90 Å². The molecule has 0 aliphatic rings. The van der Waals surface area contributed by atoms with Crippen molar-refractivity contribution in [3.8, 4) is 11.5 Å². The van der Waals surface area contributed by atoms with Crippen LogP contribution in [0.2, 0.25) is 0 Å². The number of rotatable bonds is 16. The minimum absolute atomic E-state index is 0.135. The molecule has 0 aliphatic heterocycles. The van der Waals surface area contributed by atoms with Crippen LogP contribution in [-0.2, 0) is 16.0 Å². The minimum Gasteiger partial charge on any atom is -0.462 e. The van der Waals surface area contributed by atoms with Gasteiger partial charge in [-0.25, -0.2) is 4.79 Å². The first-order valence-electron chi connectivity index (χ1n) is 12.1. The Labute approximate surface area is 204 Å². The summed E-state index contributed by atoms with van der Waals surface area (Å²) in [6.45, 7) is 7.90. The molecule has 1 atom stereocenters. The van der Waals surface area contributed by atoms with Crippen LogP contribution < -0.4 is 9.47 Å². The number of benzene rings is 2. The predicted molar refractivity (Wildman–Crippen MR) is 136 cm³/mol. The first-order chi connectivity index (χ1) is 16.5. The van der Waals surface area contributed by atoms with E-state index >= 15 is 0 Å². The summed E-state index contributed by atoms with van der Waals surface area (Å²) >= 11 is 0. The van der Waals surface area contributed by atoms with E-state index in [1.165, 1.54) is 37.4 Å². The molecular formula is C29H38O5. The topological polar surface area (TPSA) is 65.0 Å². The summed E-state index contributed by atoms with van der Waals surface area (Å²) in [4.78, 5) is 11.6. The van der Waals surface area contributed by atoms with Crippen LogP contribution in [0.1, 0.15) is 69.4 Å². The highest BCUT2D eigenvalue weighted by atomic mass is 16.5. The van der Waals surface area contributed by atoms with Gasteiger partial charge in [0.1, 0.15) is 24.0 Å². The summed E-state index contributed by atoms with van der Waals surface area (Å²) in [5, 5.41) is 9.22. The molecule has 2 aromatic rings. The predicted octanol–water partition coefficient (Wildman–Crippen LogP) is 6.71.